The van der Waals surface area contributed by atoms with Crippen molar-refractivity contribution in [2.45, 2.75) is 13.8 Å². The first-order valence-corrected chi connectivity index (χ1v) is 9.87. The van der Waals surface area contributed by atoms with Crippen LogP contribution in [0.15, 0.2) is 53.6 Å². The number of aryl methyl sites for hydroxylation is 1. The predicted octanol–water partition coefficient (Wildman–Crippen LogP) is 4.94. The molecule has 0 aliphatic heterocycles. The van der Waals surface area contributed by atoms with Crippen LogP contribution in [0.25, 0.3) is 5.69 Å². The van der Waals surface area contributed by atoms with Gasteiger partial charge in [0.25, 0.3) is 5.91 Å². The summed E-state index contributed by atoms with van der Waals surface area (Å²) < 4.78 is 12.5. The highest BCUT2D eigenvalue weighted by Gasteiger charge is 2.11. The average Bonchev–Trinajstić information content (AvgIpc) is 2.99. The summed E-state index contributed by atoms with van der Waals surface area (Å²) in [7, 11) is 1.59. The zero-order valence-electron chi connectivity index (χ0n) is 16.8. The SMILES string of the molecule is COc1ccc(OCC(=O)N/N=C\c2cc(C)n(-c3cc(Cl)cc(Cl)c3)c2C)cc1. The molecule has 6 nitrogen and oxygen atoms in total. The molecule has 30 heavy (non-hydrogen) atoms. The minimum Gasteiger partial charge on any atom is -0.497 e. The van der Waals surface area contributed by atoms with Gasteiger partial charge in [-0.25, -0.2) is 5.43 Å². The van der Waals surface area contributed by atoms with E-state index in [-0.39, 0.29) is 12.5 Å². The van der Waals surface area contributed by atoms with Crippen LogP contribution in [-0.2, 0) is 4.79 Å². The summed E-state index contributed by atoms with van der Waals surface area (Å²) in [6, 6.07) is 14.3. The molecule has 3 aromatic rings. The average molecular weight is 446 g/mol. The summed E-state index contributed by atoms with van der Waals surface area (Å²) in [6.45, 7) is 3.78. The molecule has 3 rings (SSSR count). The number of hydrogen-bond acceptors (Lipinski definition) is 4. The fraction of sp³-hybridized carbons (Fsp3) is 0.182. The van der Waals surface area contributed by atoms with Crippen LogP contribution in [0.2, 0.25) is 10.0 Å². The number of hydrogen-bond donors (Lipinski definition) is 1. The molecule has 8 heteroatoms. The quantitative estimate of drug-likeness (QED) is 0.413. The molecule has 1 aromatic heterocycles. The van der Waals surface area contributed by atoms with Gasteiger partial charge in [-0.15, -0.1) is 0 Å². The number of ether oxygens (including phenoxy) is 2. The Balaban J connectivity index is 1.62. The number of carbonyl (C=O) groups excluding carboxylic acids is 1. The molecule has 0 spiro atoms. The summed E-state index contributed by atoms with van der Waals surface area (Å²) in [5.41, 5.74) is 6.12. The Bertz CT molecular complexity index is 1060. The molecule has 0 aliphatic carbocycles. The van der Waals surface area contributed by atoms with Gasteiger partial charge in [0, 0.05) is 32.7 Å². The van der Waals surface area contributed by atoms with E-state index >= 15 is 0 Å². The normalized spacial score (nSPS) is 11.0. The number of halogens is 2. The summed E-state index contributed by atoms with van der Waals surface area (Å²) in [5.74, 6) is 0.921. The van der Waals surface area contributed by atoms with Crippen molar-refractivity contribution in [1.82, 2.24) is 9.99 Å². The fourth-order valence-electron chi connectivity index (χ4n) is 3.01. The van der Waals surface area contributed by atoms with Crippen LogP contribution in [0.1, 0.15) is 17.0 Å². The van der Waals surface area contributed by atoms with E-state index in [9.17, 15) is 4.79 Å². The second-order valence-electron chi connectivity index (χ2n) is 6.55. The van der Waals surface area contributed by atoms with Gasteiger partial charge < -0.3 is 14.0 Å². The first kappa shape index (κ1) is 21.7. The Kier molecular flexibility index (Phi) is 7.03. The second-order valence-corrected chi connectivity index (χ2v) is 7.42. The zero-order chi connectivity index (χ0) is 21.7. The van der Waals surface area contributed by atoms with Gasteiger partial charge in [0.1, 0.15) is 11.5 Å². The lowest BCUT2D eigenvalue weighted by Crippen LogP contribution is -2.24. The van der Waals surface area contributed by atoms with Crippen LogP contribution in [0.3, 0.4) is 0 Å². The zero-order valence-corrected chi connectivity index (χ0v) is 18.3. The standard InChI is InChI=1S/C22H21Cl2N3O3/c1-14-8-16(15(2)27(14)19-10-17(23)9-18(24)11-19)12-25-26-22(28)13-30-21-6-4-20(29-3)5-7-21/h4-12H,13H2,1-3H3,(H,26,28)/b25-12-. The smallest absolute Gasteiger partial charge is 0.277 e. The topological polar surface area (TPSA) is 64.8 Å². The highest BCUT2D eigenvalue weighted by molar-refractivity contribution is 6.34. The third kappa shape index (κ3) is 5.34. The Hall–Kier alpha value is -2.96. The van der Waals surface area contributed by atoms with E-state index in [2.05, 4.69) is 10.5 Å². The maximum absolute atomic E-state index is 12.0. The van der Waals surface area contributed by atoms with Gasteiger partial charge in [0.05, 0.1) is 13.3 Å². The van der Waals surface area contributed by atoms with E-state index in [0.717, 1.165) is 22.6 Å². The van der Waals surface area contributed by atoms with Gasteiger partial charge in [-0.05, 0) is 62.4 Å². The molecular formula is C22H21Cl2N3O3. The van der Waals surface area contributed by atoms with Gasteiger partial charge in [-0.1, -0.05) is 23.2 Å². The van der Waals surface area contributed by atoms with Crippen LogP contribution >= 0.6 is 23.2 Å². The number of rotatable bonds is 7. The lowest BCUT2D eigenvalue weighted by atomic mass is 10.2. The van der Waals surface area contributed by atoms with E-state index in [4.69, 9.17) is 32.7 Å². The van der Waals surface area contributed by atoms with Gasteiger partial charge in [-0.3, -0.25) is 4.79 Å². The number of methoxy groups -OCH3 is 1. The molecule has 156 valence electrons. The van der Waals surface area contributed by atoms with Crippen molar-refractivity contribution in [3.05, 3.63) is 75.5 Å². The molecule has 0 bridgehead atoms. The van der Waals surface area contributed by atoms with Crippen LogP contribution in [-0.4, -0.2) is 30.4 Å². The molecule has 1 N–H and O–H groups in total. The monoisotopic (exact) mass is 445 g/mol. The number of aromatic nitrogens is 1. The number of nitrogens with zero attached hydrogens (tertiary/aromatic N) is 2. The first-order chi connectivity index (χ1) is 14.4. The molecule has 0 aliphatic rings. The Morgan fingerprint density at radius 1 is 1.07 bits per heavy atom. The van der Waals surface area contributed by atoms with Crippen molar-refractivity contribution >= 4 is 35.3 Å². The molecular weight excluding hydrogens is 425 g/mol. The lowest BCUT2D eigenvalue weighted by molar-refractivity contribution is -0.123. The molecule has 1 heterocycles. The molecule has 0 atom stereocenters. The predicted molar refractivity (Wildman–Crippen MR) is 119 cm³/mol. The highest BCUT2D eigenvalue weighted by atomic mass is 35.5. The van der Waals surface area contributed by atoms with E-state index in [0.29, 0.717) is 21.5 Å². The van der Waals surface area contributed by atoms with Crippen molar-refractivity contribution in [2.24, 2.45) is 5.10 Å². The van der Waals surface area contributed by atoms with Crippen LogP contribution in [0.5, 0.6) is 11.5 Å². The molecule has 0 saturated carbocycles. The second kappa shape index (κ2) is 9.69. The summed E-state index contributed by atoms with van der Waals surface area (Å²) in [6.07, 6.45) is 1.59. The van der Waals surface area contributed by atoms with E-state index in [1.165, 1.54) is 0 Å². The van der Waals surface area contributed by atoms with Crippen molar-refractivity contribution in [2.75, 3.05) is 13.7 Å². The molecule has 0 saturated heterocycles. The highest BCUT2D eigenvalue weighted by Crippen LogP contribution is 2.26. The van der Waals surface area contributed by atoms with E-state index in [1.807, 2.05) is 36.6 Å². The van der Waals surface area contributed by atoms with Gasteiger partial charge in [-0.2, -0.15) is 5.10 Å². The minimum atomic E-state index is -0.363. The van der Waals surface area contributed by atoms with E-state index in [1.54, 1.807) is 43.7 Å². The minimum absolute atomic E-state index is 0.149. The lowest BCUT2D eigenvalue weighted by Gasteiger charge is -2.10. The van der Waals surface area contributed by atoms with Crippen LogP contribution in [0.4, 0.5) is 0 Å². The van der Waals surface area contributed by atoms with E-state index < -0.39 is 0 Å². The van der Waals surface area contributed by atoms with Gasteiger partial charge in [0.15, 0.2) is 6.61 Å². The largest absolute Gasteiger partial charge is 0.497 e. The molecule has 2 aromatic carbocycles. The number of hydrazone groups is 1. The number of amides is 1. The third-order valence-corrected chi connectivity index (χ3v) is 4.83. The summed E-state index contributed by atoms with van der Waals surface area (Å²) >= 11 is 12.3. The summed E-state index contributed by atoms with van der Waals surface area (Å²) in [5, 5.41) is 5.15. The van der Waals surface area contributed by atoms with Crippen molar-refractivity contribution in [1.29, 1.82) is 0 Å². The molecule has 0 radical (unpaired) electrons. The maximum atomic E-state index is 12.0. The number of benzene rings is 2. The van der Waals surface area contributed by atoms with Crippen LogP contribution < -0.4 is 14.9 Å². The third-order valence-electron chi connectivity index (χ3n) is 4.40. The Morgan fingerprint density at radius 2 is 1.70 bits per heavy atom. The number of nitrogens with one attached hydrogen (secondary N) is 1. The Morgan fingerprint density at radius 3 is 2.33 bits per heavy atom. The van der Waals surface area contributed by atoms with Crippen molar-refractivity contribution in [3.63, 3.8) is 0 Å². The Labute approximate surface area is 185 Å². The van der Waals surface area contributed by atoms with Gasteiger partial charge >= 0.3 is 0 Å². The molecule has 1 amide bonds. The van der Waals surface area contributed by atoms with Crippen molar-refractivity contribution < 1.29 is 14.3 Å². The maximum Gasteiger partial charge on any atom is 0.277 e. The molecule has 0 unspecified atom stereocenters. The summed E-state index contributed by atoms with van der Waals surface area (Å²) in [4.78, 5) is 12.0. The fourth-order valence-corrected chi connectivity index (χ4v) is 3.53. The van der Waals surface area contributed by atoms with Gasteiger partial charge in [0.2, 0.25) is 0 Å². The molecule has 0 fully saturated rings. The number of carbonyl (C=O) groups is 1. The first-order valence-electron chi connectivity index (χ1n) is 9.11. The van der Waals surface area contributed by atoms with Crippen LogP contribution in [0, 0.1) is 13.8 Å². The van der Waals surface area contributed by atoms with Crippen molar-refractivity contribution in [3.8, 4) is 17.2 Å².